The SMILES string of the molecule is O=C(ON=Cc1ccc(OC(F)(F)F)cc1)N1CCCc2ccccc21. The molecule has 1 heterocycles. The lowest BCUT2D eigenvalue weighted by atomic mass is 10.0. The van der Waals surface area contributed by atoms with E-state index in [0.29, 0.717) is 12.1 Å². The summed E-state index contributed by atoms with van der Waals surface area (Å²) in [6.45, 7) is 0.537. The number of hydrogen-bond donors (Lipinski definition) is 0. The number of fused-ring (bicyclic) bond motifs is 1. The standard InChI is InChI=1S/C18H15F3N2O3/c19-18(20,21)25-15-9-7-13(8-10-15)12-22-26-17(24)23-11-3-5-14-4-1-2-6-16(14)23/h1-2,4,6-10,12H,3,5,11H2. The summed E-state index contributed by atoms with van der Waals surface area (Å²) >= 11 is 0. The molecule has 1 aliphatic rings. The van der Waals surface area contributed by atoms with Crippen molar-refractivity contribution in [3.63, 3.8) is 0 Å². The Bertz CT molecular complexity index is 804. The van der Waals surface area contributed by atoms with Crippen LogP contribution in [-0.4, -0.2) is 25.2 Å². The zero-order chi connectivity index (χ0) is 18.6. The van der Waals surface area contributed by atoms with Crippen molar-refractivity contribution in [2.75, 3.05) is 11.4 Å². The Balaban J connectivity index is 1.60. The highest BCUT2D eigenvalue weighted by atomic mass is 19.4. The molecule has 8 heteroatoms. The number of ether oxygens (including phenoxy) is 1. The zero-order valence-electron chi connectivity index (χ0n) is 13.6. The summed E-state index contributed by atoms with van der Waals surface area (Å²) in [5.41, 5.74) is 2.33. The molecule has 0 saturated carbocycles. The largest absolute Gasteiger partial charge is 0.573 e. The Hall–Kier alpha value is -3.03. The molecule has 0 bridgehead atoms. The molecule has 1 amide bonds. The predicted octanol–water partition coefficient (Wildman–Crippen LogP) is 4.51. The van der Waals surface area contributed by atoms with Crippen molar-refractivity contribution in [2.45, 2.75) is 19.2 Å². The van der Waals surface area contributed by atoms with Gasteiger partial charge in [-0.1, -0.05) is 23.4 Å². The van der Waals surface area contributed by atoms with E-state index in [4.69, 9.17) is 4.84 Å². The minimum Gasteiger partial charge on any atom is -0.406 e. The van der Waals surface area contributed by atoms with E-state index in [2.05, 4.69) is 9.89 Å². The van der Waals surface area contributed by atoms with E-state index in [0.717, 1.165) is 36.2 Å². The van der Waals surface area contributed by atoms with Gasteiger partial charge in [0.1, 0.15) is 5.75 Å². The first kappa shape index (κ1) is 17.8. The lowest BCUT2D eigenvalue weighted by molar-refractivity contribution is -0.274. The summed E-state index contributed by atoms with van der Waals surface area (Å²) in [6, 6.07) is 12.6. The van der Waals surface area contributed by atoms with Crippen molar-refractivity contribution >= 4 is 18.0 Å². The van der Waals surface area contributed by atoms with E-state index >= 15 is 0 Å². The number of amides is 1. The predicted molar refractivity (Wildman–Crippen MR) is 89.3 cm³/mol. The maximum Gasteiger partial charge on any atom is 0.573 e. The molecular weight excluding hydrogens is 349 g/mol. The highest BCUT2D eigenvalue weighted by Gasteiger charge is 2.30. The van der Waals surface area contributed by atoms with E-state index in [1.807, 2.05) is 24.3 Å². The Morgan fingerprint density at radius 2 is 1.85 bits per heavy atom. The van der Waals surface area contributed by atoms with Crippen molar-refractivity contribution in [3.8, 4) is 5.75 Å². The summed E-state index contributed by atoms with van der Waals surface area (Å²) < 4.78 is 40.1. The van der Waals surface area contributed by atoms with Crippen LogP contribution in [0, 0.1) is 0 Å². The van der Waals surface area contributed by atoms with Crippen molar-refractivity contribution < 1.29 is 27.5 Å². The molecule has 2 aromatic rings. The van der Waals surface area contributed by atoms with Crippen LogP contribution in [0.5, 0.6) is 5.75 Å². The van der Waals surface area contributed by atoms with Gasteiger partial charge in [-0.2, -0.15) is 0 Å². The lowest BCUT2D eigenvalue weighted by Gasteiger charge is -2.27. The molecule has 0 N–H and O–H groups in total. The first-order valence-electron chi connectivity index (χ1n) is 7.88. The second-order valence-corrected chi connectivity index (χ2v) is 5.59. The summed E-state index contributed by atoms with van der Waals surface area (Å²) in [7, 11) is 0. The quantitative estimate of drug-likeness (QED) is 0.457. The van der Waals surface area contributed by atoms with E-state index in [9.17, 15) is 18.0 Å². The van der Waals surface area contributed by atoms with Gasteiger partial charge >= 0.3 is 12.5 Å². The molecule has 0 unspecified atom stereocenters. The summed E-state index contributed by atoms with van der Waals surface area (Å²) in [4.78, 5) is 18.6. The van der Waals surface area contributed by atoms with Crippen LogP contribution < -0.4 is 9.64 Å². The fraction of sp³-hybridized carbons (Fsp3) is 0.222. The number of oxime groups is 1. The Morgan fingerprint density at radius 3 is 2.58 bits per heavy atom. The molecule has 26 heavy (non-hydrogen) atoms. The number of carbonyl (C=O) groups excluding carboxylic acids is 1. The number of nitrogens with zero attached hydrogens (tertiary/aromatic N) is 2. The van der Waals surface area contributed by atoms with Gasteiger partial charge in [0.25, 0.3) is 0 Å². The van der Waals surface area contributed by atoms with Gasteiger partial charge in [-0.05, 0) is 54.3 Å². The number of hydrogen-bond acceptors (Lipinski definition) is 4. The molecule has 5 nitrogen and oxygen atoms in total. The fourth-order valence-corrected chi connectivity index (χ4v) is 2.66. The first-order valence-corrected chi connectivity index (χ1v) is 7.88. The Morgan fingerprint density at radius 1 is 1.12 bits per heavy atom. The average molecular weight is 364 g/mol. The maximum atomic E-state index is 12.2. The summed E-state index contributed by atoms with van der Waals surface area (Å²) in [6.07, 6.45) is -2.38. The minimum absolute atomic E-state index is 0.337. The van der Waals surface area contributed by atoms with Crippen LogP contribution in [0.25, 0.3) is 0 Å². The smallest absolute Gasteiger partial charge is 0.406 e. The molecule has 3 rings (SSSR count). The second kappa shape index (κ2) is 7.47. The molecular formula is C18H15F3N2O3. The lowest BCUT2D eigenvalue weighted by Crippen LogP contribution is -2.35. The molecule has 136 valence electrons. The third-order valence-electron chi connectivity index (χ3n) is 3.78. The number of carbonyl (C=O) groups is 1. The summed E-state index contributed by atoms with van der Waals surface area (Å²) in [5, 5.41) is 3.61. The number of para-hydroxylation sites is 1. The Kier molecular flexibility index (Phi) is 5.11. The van der Waals surface area contributed by atoms with Gasteiger partial charge in [-0.25, -0.2) is 4.79 Å². The van der Waals surface area contributed by atoms with Gasteiger partial charge in [0.15, 0.2) is 0 Å². The van der Waals surface area contributed by atoms with Gasteiger partial charge < -0.3 is 4.74 Å². The molecule has 0 fully saturated rings. The molecule has 0 saturated heterocycles. The van der Waals surface area contributed by atoms with E-state index in [1.165, 1.54) is 23.2 Å². The number of rotatable bonds is 3. The van der Waals surface area contributed by atoms with Crippen LogP contribution in [-0.2, 0) is 11.3 Å². The normalized spacial score (nSPS) is 14.2. The molecule has 0 aliphatic carbocycles. The van der Waals surface area contributed by atoms with E-state index < -0.39 is 12.5 Å². The molecule has 1 aliphatic heterocycles. The number of anilines is 1. The number of halogens is 3. The van der Waals surface area contributed by atoms with Crippen LogP contribution in [0.4, 0.5) is 23.7 Å². The van der Waals surface area contributed by atoms with Crippen molar-refractivity contribution in [3.05, 3.63) is 59.7 Å². The van der Waals surface area contributed by atoms with Gasteiger partial charge in [-0.15, -0.1) is 13.2 Å². The van der Waals surface area contributed by atoms with E-state index in [-0.39, 0.29) is 5.75 Å². The molecule has 0 spiro atoms. The summed E-state index contributed by atoms with van der Waals surface area (Å²) in [5.74, 6) is -0.337. The zero-order valence-corrected chi connectivity index (χ0v) is 13.6. The molecule has 2 aromatic carbocycles. The van der Waals surface area contributed by atoms with Gasteiger partial charge in [0.2, 0.25) is 0 Å². The van der Waals surface area contributed by atoms with Crippen molar-refractivity contribution in [2.24, 2.45) is 5.16 Å². The second-order valence-electron chi connectivity index (χ2n) is 5.59. The molecule has 0 aromatic heterocycles. The molecule has 0 atom stereocenters. The highest BCUT2D eigenvalue weighted by Crippen LogP contribution is 2.27. The van der Waals surface area contributed by atoms with Crippen LogP contribution in [0.1, 0.15) is 17.5 Å². The number of aryl methyl sites for hydroxylation is 1. The van der Waals surface area contributed by atoms with Gasteiger partial charge in [0.05, 0.1) is 11.9 Å². The Labute approximate surface area is 147 Å². The van der Waals surface area contributed by atoms with Crippen LogP contribution in [0.3, 0.4) is 0 Å². The van der Waals surface area contributed by atoms with Crippen molar-refractivity contribution in [1.29, 1.82) is 0 Å². The van der Waals surface area contributed by atoms with Crippen LogP contribution >= 0.6 is 0 Å². The number of alkyl halides is 3. The minimum atomic E-state index is -4.74. The maximum absolute atomic E-state index is 12.2. The van der Waals surface area contributed by atoms with Gasteiger partial charge in [-0.3, -0.25) is 9.74 Å². The molecule has 0 radical (unpaired) electrons. The van der Waals surface area contributed by atoms with Crippen molar-refractivity contribution in [1.82, 2.24) is 0 Å². The topological polar surface area (TPSA) is 51.1 Å². The third-order valence-corrected chi connectivity index (χ3v) is 3.78. The number of benzene rings is 2. The van der Waals surface area contributed by atoms with E-state index in [1.54, 1.807) is 0 Å². The van der Waals surface area contributed by atoms with Crippen LogP contribution in [0.2, 0.25) is 0 Å². The van der Waals surface area contributed by atoms with Crippen LogP contribution in [0.15, 0.2) is 53.7 Å². The first-order chi connectivity index (χ1) is 12.4. The fourth-order valence-electron chi connectivity index (χ4n) is 2.66. The highest BCUT2D eigenvalue weighted by molar-refractivity contribution is 5.89. The third kappa shape index (κ3) is 4.53. The monoisotopic (exact) mass is 364 g/mol. The van der Waals surface area contributed by atoms with Gasteiger partial charge in [0, 0.05) is 6.54 Å². The average Bonchev–Trinajstić information content (AvgIpc) is 2.61.